The Hall–Kier alpha value is -3.45. The first kappa shape index (κ1) is 21.8. The molecule has 1 aliphatic heterocycles. The summed E-state index contributed by atoms with van der Waals surface area (Å²) in [4.78, 5) is 29.4. The maximum Gasteiger partial charge on any atom is 0.237 e. The standard InChI is InChI=1S/C25H28N4O3/c1-28(17-21-12-15-32-27-21)24(30)16-23-25(31)26-13-14-29(23)18-22(19-8-4-2-5-9-19)20-10-6-3-7-11-20/h2-12,15,22-23H,13-14,16-18H2,1H3,(H,26,31). The summed E-state index contributed by atoms with van der Waals surface area (Å²) in [6.45, 7) is 2.29. The van der Waals surface area contributed by atoms with Crippen molar-refractivity contribution in [2.75, 3.05) is 26.7 Å². The second kappa shape index (κ2) is 10.2. The first-order valence-electron chi connectivity index (χ1n) is 10.9. The zero-order valence-corrected chi connectivity index (χ0v) is 18.2. The first-order valence-corrected chi connectivity index (χ1v) is 10.9. The highest BCUT2D eigenvalue weighted by atomic mass is 16.5. The van der Waals surface area contributed by atoms with Crippen molar-refractivity contribution in [1.29, 1.82) is 0 Å². The maximum absolute atomic E-state index is 12.9. The maximum atomic E-state index is 12.9. The Labute approximate surface area is 188 Å². The van der Waals surface area contributed by atoms with Gasteiger partial charge in [0.05, 0.1) is 19.0 Å². The van der Waals surface area contributed by atoms with Gasteiger partial charge in [0.1, 0.15) is 12.0 Å². The van der Waals surface area contributed by atoms with Gasteiger partial charge in [-0.15, -0.1) is 0 Å². The molecule has 0 saturated carbocycles. The molecule has 0 bridgehead atoms. The van der Waals surface area contributed by atoms with E-state index in [1.165, 1.54) is 17.4 Å². The lowest BCUT2D eigenvalue weighted by atomic mass is 9.90. The molecular weight excluding hydrogens is 404 g/mol. The van der Waals surface area contributed by atoms with E-state index in [-0.39, 0.29) is 24.2 Å². The molecule has 1 saturated heterocycles. The Morgan fingerprint density at radius 2 is 1.78 bits per heavy atom. The van der Waals surface area contributed by atoms with Crippen molar-refractivity contribution in [3.63, 3.8) is 0 Å². The van der Waals surface area contributed by atoms with Gasteiger partial charge in [-0.3, -0.25) is 14.5 Å². The van der Waals surface area contributed by atoms with E-state index >= 15 is 0 Å². The summed E-state index contributed by atoms with van der Waals surface area (Å²) in [6, 6.07) is 21.9. The molecule has 2 amide bonds. The predicted octanol–water partition coefficient (Wildman–Crippen LogP) is 2.66. The molecule has 0 radical (unpaired) electrons. The van der Waals surface area contributed by atoms with Gasteiger partial charge in [-0.1, -0.05) is 65.8 Å². The lowest BCUT2D eigenvalue weighted by molar-refractivity contribution is -0.138. The molecule has 3 aromatic rings. The number of rotatable bonds is 8. The van der Waals surface area contributed by atoms with Gasteiger partial charge in [-0.2, -0.15) is 0 Å². The number of benzene rings is 2. The molecule has 1 fully saturated rings. The van der Waals surface area contributed by atoms with Crippen molar-refractivity contribution in [2.45, 2.75) is 24.9 Å². The predicted molar refractivity (Wildman–Crippen MR) is 121 cm³/mol. The highest BCUT2D eigenvalue weighted by Crippen LogP contribution is 2.27. The van der Waals surface area contributed by atoms with E-state index in [1.807, 2.05) is 36.4 Å². The summed E-state index contributed by atoms with van der Waals surface area (Å²) in [6.07, 6.45) is 1.60. The number of piperazine rings is 1. The highest BCUT2D eigenvalue weighted by Gasteiger charge is 2.34. The Morgan fingerprint density at radius 3 is 2.38 bits per heavy atom. The molecule has 1 unspecified atom stereocenters. The lowest BCUT2D eigenvalue weighted by Gasteiger charge is -2.37. The van der Waals surface area contributed by atoms with Gasteiger partial charge < -0.3 is 14.7 Å². The lowest BCUT2D eigenvalue weighted by Crippen LogP contribution is -2.57. The third kappa shape index (κ3) is 5.23. The smallest absolute Gasteiger partial charge is 0.237 e. The number of carbonyl (C=O) groups is 2. The van der Waals surface area contributed by atoms with E-state index in [0.717, 1.165) is 0 Å². The van der Waals surface area contributed by atoms with Crippen LogP contribution in [0.5, 0.6) is 0 Å². The van der Waals surface area contributed by atoms with Crippen LogP contribution in [0.4, 0.5) is 0 Å². The van der Waals surface area contributed by atoms with Gasteiger partial charge in [0.15, 0.2) is 0 Å². The fraction of sp³-hybridized carbons (Fsp3) is 0.320. The Balaban J connectivity index is 1.52. The Bertz CT molecular complexity index is 969. The molecule has 1 aromatic heterocycles. The summed E-state index contributed by atoms with van der Waals surface area (Å²) < 4.78 is 4.85. The van der Waals surface area contributed by atoms with E-state index < -0.39 is 6.04 Å². The SMILES string of the molecule is CN(Cc1ccon1)C(=O)CC1C(=O)NCCN1CC(c1ccccc1)c1ccccc1. The van der Waals surface area contributed by atoms with E-state index in [9.17, 15) is 9.59 Å². The number of hydrogen-bond donors (Lipinski definition) is 1. The number of amides is 2. The quantitative estimate of drug-likeness (QED) is 0.592. The van der Waals surface area contributed by atoms with E-state index in [2.05, 4.69) is 39.6 Å². The Kier molecular flexibility index (Phi) is 6.97. The molecule has 1 atom stereocenters. The van der Waals surface area contributed by atoms with E-state index in [0.29, 0.717) is 31.9 Å². The third-order valence-corrected chi connectivity index (χ3v) is 5.95. The van der Waals surface area contributed by atoms with Crippen LogP contribution in [0, 0.1) is 0 Å². The summed E-state index contributed by atoms with van der Waals surface area (Å²) in [7, 11) is 1.72. The molecule has 2 heterocycles. The fourth-order valence-corrected chi connectivity index (χ4v) is 4.18. The largest absolute Gasteiger partial charge is 0.364 e. The zero-order valence-electron chi connectivity index (χ0n) is 18.2. The molecule has 166 valence electrons. The molecule has 0 aliphatic carbocycles. The Morgan fingerprint density at radius 1 is 1.12 bits per heavy atom. The minimum Gasteiger partial charge on any atom is -0.364 e. The normalized spacial score (nSPS) is 16.7. The van der Waals surface area contributed by atoms with Crippen LogP contribution in [-0.4, -0.2) is 59.5 Å². The molecule has 1 aliphatic rings. The monoisotopic (exact) mass is 432 g/mol. The molecule has 32 heavy (non-hydrogen) atoms. The van der Waals surface area contributed by atoms with Crippen LogP contribution in [0.2, 0.25) is 0 Å². The van der Waals surface area contributed by atoms with Crippen LogP contribution >= 0.6 is 0 Å². The zero-order chi connectivity index (χ0) is 22.3. The molecule has 7 nitrogen and oxygen atoms in total. The molecule has 1 N–H and O–H groups in total. The van der Waals surface area contributed by atoms with Crippen LogP contribution in [0.25, 0.3) is 0 Å². The number of nitrogens with zero attached hydrogens (tertiary/aromatic N) is 3. The fourth-order valence-electron chi connectivity index (χ4n) is 4.18. The summed E-state index contributed by atoms with van der Waals surface area (Å²) in [5.41, 5.74) is 3.06. The minimum absolute atomic E-state index is 0.0979. The van der Waals surface area contributed by atoms with E-state index in [4.69, 9.17) is 4.52 Å². The second-order valence-electron chi connectivity index (χ2n) is 8.12. The minimum atomic E-state index is -0.508. The van der Waals surface area contributed by atoms with Crippen LogP contribution in [0.15, 0.2) is 77.5 Å². The van der Waals surface area contributed by atoms with Crippen LogP contribution in [-0.2, 0) is 16.1 Å². The molecule has 4 rings (SSSR count). The van der Waals surface area contributed by atoms with Crippen molar-refractivity contribution in [2.24, 2.45) is 0 Å². The number of aromatic nitrogens is 1. The van der Waals surface area contributed by atoms with Crippen molar-refractivity contribution >= 4 is 11.8 Å². The van der Waals surface area contributed by atoms with Gasteiger partial charge in [0, 0.05) is 38.7 Å². The third-order valence-electron chi connectivity index (χ3n) is 5.95. The number of carbonyl (C=O) groups excluding carboxylic acids is 2. The summed E-state index contributed by atoms with van der Waals surface area (Å²) in [5, 5.41) is 6.79. The van der Waals surface area contributed by atoms with Gasteiger partial charge in [-0.25, -0.2) is 0 Å². The average Bonchev–Trinajstić information content (AvgIpc) is 3.33. The first-order chi connectivity index (χ1) is 15.6. The summed E-state index contributed by atoms with van der Waals surface area (Å²) in [5.74, 6) is -0.0934. The van der Waals surface area contributed by atoms with Crippen LogP contribution < -0.4 is 5.32 Å². The van der Waals surface area contributed by atoms with E-state index in [1.54, 1.807) is 18.0 Å². The summed E-state index contributed by atoms with van der Waals surface area (Å²) >= 11 is 0. The van der Waals surface area contributed by atoms with Gasteiger partial charge in [-0.05, 0) is 11.1 Å². The van der Waals surface area contributed by atoms with Gasteiger partial charge in [0.25, 0.3) is 0 Å². The topological polar surface area (TPSA) is 78.7 Å². The van der Waals surface area contributed by atoms with Gasteiger partial charge in [0.2, 0.25) is 11.8 Å². The molecule has 2 aromatic carbocycles. The average molecular weight is 433 g/mol. The van der Waals surface area contributed by atoms with Crippen molar-refractivity contribution in [3.05, 3.63) is 89.8 Å². The van der Waals surface area contributed by atoms with Crippen molar-refractivity contribution < 1.29 is 14.1 Å². The molecular formula is C25H28N4O3. The van der Waals surface area contributed by atoms with Gasteiger partial charge >= 0.3 is 0 Å². The number of hydrogen-bond acceptors (Lipinski definition) is 5. The van der Waals surface area contributed by atoms with Crippen LogP contribution in [0.3, 0.4) is 0 Å². The highest BCUT2D eigenvalue weighted by molar-refractivity contribution is 5.88. The number of nitrogens with one attached hydrogen (secondary N) is 1. The second-order valence-corrected chi connectivity index (χ2v) is 8.12. The van der Waals surface area contributed by atoms with Crippen LogP contribution in [0.1, 0.15) is 29.2 Å². The van der Waals surface area contributed by atoms with Crippen molar-refractivity contribution in [1.82, 2.24) is 20.3 Å². The van der Waals surface area contributed by atoms with Crippen molar-refractivity contribution in [3.8, 4) is 0 Å². The molecule has 0 spiro atoms. The molecule has 7 heteroatoms.